The Balaban J connectivity index is 1.81. The van der Waals surface area contributed by atoms with Gasteiger partial charge in [-0.05, 0) is 31.2 Å². The van der Waals surface area contributed by atoms with Crippen molar-refractivity contribution in [1.82, 2.24) is 10.4 Å². The molecule has 2 aliphatic rings. The predicted octanol–water partition coefficient (Wildman–Crippen LogP) is 2.21. The van der Waals surface area contributed by atoms with Gasteiger partial charge in [-0.2, -0.15) is 5.01 Å². The molecule has 26 heavy (non-hydrogen) atoms. The van der Waals surface area contributed by atoms with Crippen LogP contribution in [0.2, 0.25) is 0 Å². The summed E-state index contributed by atoms with van der Waals surface area (Å²) in [5.74, 6) is -1.83. The minimum atomic E-state index is -0.468. The van der Waals surface area contributed by atoms with Gasteiger partial charge in [0.2, 0.25) is 17.7 Å². The fourth-order valence-corrected chi connectivity index (χ4v) is 3.44. The summed E-state index contributed by atoms with van der Waals surface area (Å²) in [7, 11) is 0. The Bertz CT molecular complexity index is 784. The van der Waals surface area contributed by atoms with Crippen molar-refractivity contribution >= 4 is 23.4 Å². The molecule has 0 saturated carbocycles. The van der Waals surface area contributed by atoms with E-state index < -0.39 is 22.7 Å². The third kappa shape index (κ3) is 3.49. The lowest BCUT2D eigenvalue weighted by atomic mass is 9.75. The van der Waals surface area contributed by atoms with E-state index in [9.17, 15) is 24.5 Å². The van der Waals surface area contributed by atoms with Gasteiger partial charge in [-0.3, -0.25) is 29.9 Å². The second kappa shape index (κ2) is 7.07. The molecule has 136 valence electrons. The highest BCUT2D eigenvalue weighted by Crippen LogP contribution is 2.38. The highest BCUT2D eigenvalue weighted by Gasteiger charge is 2.36. The van der Waals surface area contributed by atoms with E-state index in [1.165, 1.54) is 12.1 Å². The number of nitrogens with one attached hydrogen (secondary N) is 1. The van der Waals surface area contributed by atoms with Gasteiger partial charge in [-0.25, -0.2) is 0 Å². The molecule has 1 aliphatic heterocycles. The van der Waals surface area contributed by atoms with E-state index in [2.05, 4.69) is 5.43 Å². The minimum absolute atomic E-state index is 0.00825. The van der Waals surface area contributed by atoms with Crippen molar-refractivity contribution in [3.8, 4) is 0 Å². The van der Waals surface area contributed by atoms with Gasteiger partial charge >= 0.3 is 0 Å². The van der Waals surface area contributed by atoms with Crippen molar-refractivity contribution in [1.29, 1.82) is 0 Å². The number of hydrazine groups is 1. The summed E-state index contributed by atoms with van der Waals surface area (Å²) in [6.07, 6.45) is 3.30. The summed E-state index contributed by atoms with van der Waals surface area (Å²) in [6.45, 7) is 1.97. The lowest BCUT2D eigenvalue weighted by Crippen LogP contribution is -2.49. The molecule has 1 N–H and O–H groups in total. The molecule has 3 amide bonds. The minimum Gasteiger partial charge on any atom is -0.273 e. The monoisotopic (exact) mass is 357 g/mol. The van der Waals surface area contributed by atoms with Crippen molar-refractivity contribution < 1.29 is 19.3 Å². The second-order valence-corrected chi connectivity index (χ2v) is 6.65. The van der Waals surface area contributed by atoms with Crippen molar-refractivity contribution in [2.45, 2.75) is 38.5 Å². The molecule has 0 radical (unpaired) electrons. The van der Waals surface area contributed by atoms with Gasteiger partial charge in [0.25, 0.3) is 5.69 Å². The third-order valence-electron chi connectivity index (χ3n) is 4.89. The molecule has 8 heteroatoms. The largest absolute Gasteiger partial charge is 0.273 e. The van der Waals surface area contributed by atoms with E-state index in [1.807, 2.05) is 13.0 Å². The van der Waals surface area contributed by atoms with Gasteiger partial charge in [0.05, 0.1) is 10.8 Å². The molecule has 1 fully saturated rings. The average Bonchev–Trinajstić information content (AvgIpc) is 2.93. The van der Waals surface area contributed by atoms with Gasteiger partial charge < -0.3 is 0 Å². The van der Waals surface area contributed by atoms with Gasteiger partial charge in [0.1, 0.15) is 0 Å². The summed E-state index contributed by atoms with van der Waals surface area (Å²) < 4.78 is 0. The smallest absolute Gasteiger partial charge is 0.269 e. The lowest BCUT2D eigenvalue weighted by molar-refractivity contribution is -0.384. The van der Waals surface area contributed by atoms with Crippen molar-refractivity contribution in [2.24, 2.45) is 5.92 Å². The molecule has 1 aromatic rings. The molecule has 2 atom stereocenters. The SMILES string of the molecule is CC1=CCC(C(=O)NN2C(=O)CCC2=O)C(c2ccc([N+](=O)[O-])cc2)C1. The maximum Gasteiger partial charge on any atom is 0.269 e. The van der Waals surface area contributed by atoms with Crippen LogP contribution >= 0.6 is 0 Å². The topological polar surface area (TPSA) is 110 Å². The molecule has 3 rings (SSSR count). The van der Waals surface area contributed by atoms with Crippen molar-refractivity contribution in [3.05, 3.63) is 51.6 Å². The number of hydrogen-bond acceptors (Lipinski definition) is 5. The van der Waals surface area contributed by atoms with Gasteiger partial charge in [-0.15, -0.1) is 0 Å². The fourth-order valence-electron chi connectivity index (χ4n) is 3.44. The number of nitro groups is 1. The normalized spacial score (nSPS) is 23.0. The molecule has 1 aliphatic carbocycles. The fraction of sp³-hybridized carbons (Fsp3) is 0.389. The number of amides is 3. The molecule has 0 spiro atoms. The number of hydrogen-bond donors (Lipinski definition) is 1. The molecule has 0 aromatic heterocycles. The Morgan fingerprint density at radius 3 is 2.38 bits per heavy atom. The summed E-state index contributed by atoms with van der Waals surface area (Å²) >= 11 is 0. The first-order chi connectivity index (χ1) is 12.4. The van der Waals surface area contributed by atoms with Crippen LogP contribution in [0.25, 0.3) is 0 Å². The van der Waals surface area contributed by atoms with E-state index in [4.69, 9.17) is 0 Å². The number of allylic oxidation sites excluding steroid dienone is 2. The van der Waals surface area contributed by atoms with Crippen LogP contribution in [0.15, 0.2) is 35.9 Å². The Labute approximate surface area is 150 Å². The van der Waals surface area contributed by atoms with Gasteiger partial charge in [0.15, 0.2) is 0 Å². The zero-order valence-corrected chi connectivity index (χ0v) is 14.3. The Hall–Kier alpha value is -3.03. The summed E-state index contributed by atoms with van der Waals surface area (Å²) in [4.78, 5) is 46.5. The van der Waals surface area contributed by atoms with Crippen LogP contribution in [0.4, 0.5) is 5.69 Å². The van der Waals surface area contributed by atoms with E-state index in [1.54, 1.807) is 12.1 Å². The van der Waals surface area contributed by atoms with Crippen molar-refractivity contribution in [2.75, 3.05) is 0 Å². The third-order valence-corrected chi connectivity index (χ3v) is 4.89. The molecule has 8 nitrogen and oxygen atoms in total. The summed E-state index contributed by atoms with van der Waals surface area (Å²) in [6, 6.07) is 6.17. The second-order valence-electron chi connectivity index (χ2n) is 6.65. The molecule has 1 aromatic carbocycles. The van der Waals surface area contributed by atoms with Gasteiger partial charge in [0, 0.05) is 25.0 Å². The van der Waals surface area contributed by atoms with Crippen LogP contribution in [0, 0.1) is 16.0 Å². The van der Waals surface area contributed by atoms with Crippen LogP contribution in [0.3, 0.4) is 0 Å². The number of carbonyl (C=O) groups excluding carboxylic acids is 3. The predicted molar refractivity (Wildman–Crippen MR) is 91.5 cm³/mol. The summed E-state index contributed by atoms with van der Waals surface area (Å²) in [5.41, 5.74) is 4.39. The molecule has 1 saturated heterocycles. The average molecular weight is 357 g/mol. The molecule has 2 unspecified atom stereocenters. The van der Waals surface area contributed by atoms with E-state index in [-0.39, 0.29) is 30.4 Å². The summed E-state index contributed by atoms with van der Waals surface area (Å²) in [5, 5.41) is 11.6. The Morgan fingerprint density at radius 2 is 1.81 bits per heavy atom. The highest BCUT2D eigenvalue weighted by atomic mass is 16.6. The van der Waals surface area contributed by atoms with Gasteiger partial charge in [-0.1, -0.05) is 23.8 Å². The van der Waals surface area contributed by atoms with Crippen LogP contribution in [0.5, 0.6) is 0 Å². The Morgan fingerprint density at radius 1 is 1.19 bits per heavy atom. The number of nitrogens with zero attached hydrogens (tertiary/aromatic N) is 2. The first kappa shape index (κ1) is 17.8. The maximum atomic E-state index is 12.7. The molecular weight excluding hydrogens is 338 g/mol. The molecule has 1 heterocycles. The molecular formula is C18H19N3O5. The first-order valence-corrected chi connectivity index (χ1v) is 8.43. The van der Waals surface area contributed by atoms with E-state index in [0.29, 0.717) is 12.8 Å². The number of benzene rings is 1. The van der Waals surface area contributed by atoms with Crippen LogP contribution < -0.4 is 5.43 Å². The maximum absolute atomic E-state index is 12.7. The number of rotatable bonds is 4. The number of carbonyl (C=O) groups is 3. The standard InChI is InChI=1S/C18H19N3O5/c1-11-2-7-14(18(24)19-20-16(22)8-9-17(20)23)15(10-11)12-3-5-13(6-4-12)21(25)26/h2-6,14-15H,7-10H2,1H3,(H,19,24). The van der Waals surface area contributed by atoms with E-state index >= 15 is 0 Å². The lowest BCUT2D eigenvalue weighted by Gasteiger charge is -2.31. The highest BCUT2D eigenvalue weighted by molar-refractivity contribution is 6.03. The van der Waals surface area contributed by atoms with Crippen LogP contribution in [-0.4, -0.2) is 27.7 Å². The first-order valence-electron chi connectivity index (χ1n) is 8.43. The number of imide groups is 1. The Kier molecular flexibility index (Phi) is 4.83. The molecule has 0 bridgehead atoms. The zero-order valence-electron chi connectivity index (χ0n) is 14.3. The van der Waals surface area contributed by atoms with Crippen molar-refractivity contribution in [3.63, 3.8) is 0 Å². The van der Waals surface area contributed by atoms with E-state index in [0.717, 1.165) is 16.1 Å². The van der Waals surface area contributed by atoms with Crippen LogP contribution in [0.1, 0.15) is 44.1 Å². The quantitative estimate of drug-likeness (QED) is 0.384. The van der Waals surface area contributed by atoms with Crippen LogP contribution in [-0.2, 0) is 14.4 Å². The number of nitro benzene ring substituents is 1. The zero-order chi connectivity index (χ0) is 18.8. The number of non-ortho nitro benzene ring substituents is 1.